The molecule has 1 saturated heterocycles. The van der Waals surface area contributed by atoms with Crippen LogP contribution in [0.3, 0.4) is 0 Å². The van der Waals surface area contributed by atoms with Gasteiger partial charge in [-0.1, -0.05) is 20.4 Å². The molecule has 16 nitrogen and oxygen atoms in total. The van der Waals surface area contributed by atoms with Gasteiger partial charge in [0, 0.05) is 58.9 Å². The number of amides is 1. The fourth-order valence-electron chi connectivity index (χ4n) is 4.55. The summed E-state index contributed by atoms with van der Waals surface area (Å²) in [7, 11) is 0. The van der Waals surface area contributed by atoms with E-state index in [1.165, 1.54) is 0 Å². The van der Waals surface area contributed by atoms with E-state index in [2.05, 4.69) is 11.9 Å². The number of carboxylic acid groups (broad SMARTS) is 3. The molecule has 4 N–H and O–H groups in total. The molecular weight excluding hydrogens is 594 g/mol. The molecule has 0 aromatic heterocycles. The molecule has 0 spiro atoms. The van der Waals surface area contributed by atoms with Gasteiger partial charge in [0.25, 0.3) is 0 Å². The Bertz CT molecular complexity index is 937. The molecule has 16 heteroatoms. The van der Waals surface area contributed by atoms with Crippen LogP contribution in [0.25, 0.3) is 0 Å². The number of carbonyl (C=O) groups is 5. The molecule has 0 bridgehead atoms. The van der Waals surface area contributed by atoms with Crippen molar-refractivity contribution in [2.75, 3.05) is 105 Å². The molecule has 1 aliphatic rings. The zero-order chi connectivity index (χ0) is 33.8. The van der Waals surface area contributed by atoms with Gasteiger partial charge in [0.1, 0.15) is 12.2 Å². The van der Waals surface area contributed by atoms with E-state index in [9.17, 15) is 39.3 Å². The quantitative estimate of drug-likeness (QED) is 0.0863. The van der Waals surface area contributed by atoms with Crippen LogP contribution >= 0.6 is 0 Å². The average Bonchev–Trinajstić information content (AvgIpc) is 2.96. The maximum Gasteiger partial charge on any atom is 0.509 e. The van der Waals surface area contributed by atoms with Crippen LogP contribution in [0.2, 0.25) is 0 Å². The van der Waals surface area contributed by atoms with Gasteiger partial charge in [0.15, 0.2) is 0 Å². The summed E-state index contributed by atoms with van der Waals surface area (Å²) in [5, 5.41) is 30.7. The van der Waals surface area contributed by atoms with Gasteiger partial charge >= 0.3 is 24.1 Å². The van der Waals surface area contributed by atoms with Gasteiger partial charge in [-0.25, -0.2) is 4.79 Å². The van der Waals surface area contributed by atoms with Gasteiger partial charge in [0.05, 0.1) is 39.4 Å². The Morgan fingerprint density at radius 3 is 1.58 bits per heavy atom. The van der Waals surface area contributed by atoms with E-state index in [4.69, 9.17) is 14.2 Å². The highest BCUT2D eigenvalue weighted by atomic mass is 16.7. The van der Waals surface area contributed by atoms with Gasteiger partial charge in [-0.15, -0.1) is 0 Å². The topological polar surface area (TPSA) is 199 Å². The second-order valence-electron chi connectivity index (χ2n) is 11.1. The van der Waals surface area contributed by atoms with Gasteiger partial charge in [-0.2, -0.15) is 0 Å². The molecule has 0 radical (unpaired) electrons. The normalized spacial score (nSPS) is 18.4. The standard InChI is InChI=1S/C29H51N5O11/c1-5-23(3)29(4,6-2)45-28(42)44-18-17-43-16-7-30-24(35)19-31-8-10-32(20-25(36)37)12-14-34(22-27(40)41)15-13-33(11-9-31)21-26(38)39/h6,23H,2,5,7-22H2,1,3-4H3,(H,30,35)(H,36,37)(H,38,39)(H,40,41). The second-order valence-corrected chi connectivity index (χ2v) is 11.1. The zero-order valence-electron chi connectivity index (χ0n) is 26.8. The Kier molecular flexibility index (Phi) is 18.9. The van der Waals surface area contributed by atoms with Gasteiger partial charge < -0.3 is 34.8 Å². The fourth-order valence-corrected chi connectivity index (χ4v) is 4.55. The molecule has 0 saturated carbocycles. The van der Waals surface area contributed by atoms with E-state index in [1.54, 1.807) is 27.7 Å². The Hall–Kier alpha value is -3.31. The fraction of sp³-hybridized carbons (Fsp3) is 0.759. The van der Waals surface area contributed by atoms with Gasteiger partial charge in [-0.3, -0.25) is 38.8 Å². The Morgan fingerprint density at radius 2 is 1.20 bits per heavy atom. The molecule has 1 amide bonds. The van der Waals surface area contributed by atoms with Crippen molar-refractivity contribution in [3.63, 3.8) is 0 Å². The Labute approximate surface area is 264 Å². The third-order valence-corrected chi connectivity index (χ3v) is 7.69. The van der Waals surface area contributed by atoms with Gasteiger partial charge in [-0.05, 0) is 25.3 Å². The number of aliphatic carboxylic acids is 3. The molecule has 0 aromatic rings. The lowest BCUT2D eigenvalue weighted by Crippen LogP contribution is -2.50. The molecule has 258 valence electrons. The first-order valence-electron chi connectivity index (χ1n) is 15.2. The van der Waals surface area contributed by atoms with Crippen LogP contribution in [0.5, 0.6) is 0 Å². The second kappa shape index (κ2) is 21.4. The summed E-state index contributed by atoms with van der Waals surface area (Å²) in [6, 6.07) is 0. The number of nitrogens with zero attached hydrogens (tertiary/aromatic N) is 4. The lowest BCUT2D eigenvalue weighted by molar-refractivity contribution is -0.140. The summed E-state index contributed by atoms with van der Waals surface area (Å²) in [4.78, 5) is 65.7. The van der Waals surface area contributed by atoms with Crippen LogP contribution in [0.1, 0.15) is 27.2 Å². The Balaban J connectivity index is 2.59. The predicted octanol–water partition coefficient (Wildman–Crippen LogP) is -0.261. The average molecular weight is 646 g/mol. The molecule has 2 atom stereocenters. The van der Waals surface area contributed by atoms with Crippen molar-refractivity contribution in [1.29, 1.82) is 0 Å². The summed E-state index contributed by atoms with van der Waals surface area (Å²) in [5.74, 6) is -3.30. The number of hydrogen-bond acceptors (Lipinski definition) is 12. The first-order chi connectivity index (χ1) is 21.3. The predicted molar refractivity (Wildman–Crippen MR) is 163 cm³/mol. The molecule has 1 heterocycles. The minimum atomic E-state index is -1.03. The zero-order valence-corrected chi connectivity index (χ0v) is 26.8. The van der Waals surface area contributed by atoms with Gasteiger partial charge in [0.2, 0.25) is 5.91 Å². The number of rotatable bonds is 18. The molecule has 1 aliphatic heterocycles. The molecule has 45 heavy (non-hydrogen) atoms. The number of hydrogen-bond donors (Lipinski definition) is 4. The van der Waals surface area contributed by atoms with E-state index in [0.717, 1.165) is 6.42 Å². The van der Waals surface area contributed by atoms with Crippen molar-refractivity contribution < 1.29 is 53.5 Å². The number of carboxylic acids is 3. The summed E-state index contributed by atoms with van der Waals surface area (Å²) in [6.07, 6.45) is 1.56. The molecule has 2 unspecified atom stereocenters. The SMILES string of the molecule is C=CC(C)(OC(=O)OCCOCCNC(=O)CN1CCN(CC(=O)O)CCN(CC(=O)O)CCN(CC(=O)O)CC1)C(C)CC. The number of ether oxygens (including phenoxy) is 3. The Morgan fingerprint density at radius 1 is 0.778 bits per heavy atom. The van der Waals surface area contributed by atoms with Crippen molar-refractivity contribution in [2.45, 2.75) is 32.8 Å². The lowest BCUT2D eigenvalue weighted by Gasteiger charge is -2.32. The van der Waals surface area contributed by atoms with E-state index >= 15 is 0 Å². The maximum absolute atomic E-state index is 12.7. The maximum atomic E-state index is 12.7. The first-order valence-corrected chi connectivity index (χ1v) is 15.2. The summed E-state index contributed by atoms with van der Waals surface area (Å²) in [5.41, 5.74) is -0.841. The molecule has 0 aliphatic carbocycles. The van der Waals surface area contributed by atoms with E-state index < -0.39 is 29.7 Å². The van der Waals surface area contributed by atoms with Crippen LogP contribution in [0.15, 0.2) is 12.7 Å². The lowest BCUT2D eigenvalue weighted by atomic mass is 9.89. The van der Waals surface area contributed by atoms with Crippen LogP contribution < -0.4 is 5.32 Å². The molecule has 1 fully saturated rings. The number of nitrogens with one attached hydrogen (secondary N) is 1. The van der Waals surface area contributed by atoms with E-state index in [1.807, 2.05) is 18.7 Å². The van der Waals surface area contributed by atoms with E-state index in [-0.39, 0.29) is 64.4 Å². The third-order valence-electron chi connectivity index (χ3n) is 7.69. The van der Waals surface area contributed by atoms with Crippen molar-refractivity contribution in [3.05, 3.63) is 12.7 Å². The first kappa shape index (κ1) is 39.7. The smallest absolute Gasteiger partial charge is 0.480 e. The van der Waals surface area contributed by atoms with Crippen molar-refractivity contribution in [2.24, 2.45) is 5.92 Å². The van der Waals surface area contributed by atoms with Crippen LogP contribution in [0, 0.1) is 5.92 Å². The highest BCUT2D eigenvalue weighted by Gasteiger charge is 2.31. The summed E-state index contributed by atoms with van der Waals surface area (Å²) in [6.45, 7) is 11.7. The van der Waals surface area contributed by atoms with Crippen LogP contribution in [-0.4, -0.2) is 175 Å². The molecule has 1 rings (SSSR count). The van der Waals surface area contributed by atoms with Crippen molar-refractivity contribution in [3.8, 4) is 0 Å². The van der Waals surface area contributed by atoms with Crippen molar-refractivity contribution in [1.82, 2.24) is 24.9 Å². The molecular formula is C29H51N5O11. The van der Waals surface area contributed by atoms with Crippen LogP contribution in [-0.2, 0) is 33.4 Å². The summed E-state index contributed by atoms with van der Waals surface area (Å²) < 4.78 is 15.9. The molecule has 0 aromatic carbocycles. The van der Waals surface area contributed by atoms with E-state index in [0.29, 0.717) is 52.4 Å². The largest absolute Gasteiger partial charge is 0.509 e. The third kappa shape index (κ3) is 17.7. The minimum absolute atomic E-state index is 0.000166. The summed E-state index contributed by atoms with van der Waals surface area (Å²) >= 11 is 0. The van der Waals surface area contributed by atoms with Crippen molar-refractivity contribution >= 4 is 30.0 Å². The number of carbonyl (C=O) groups excluding carboxylic acids is 2. The van der Waals surface area contributed by atoms with Crippen LogP contribution in [0.4, 0.5) is 4.79 Å². The monoisotopic (exact) mass is 645 g/mol. The minimum Gasteiger partial charge on any atom is -0.480 e. The highest BCUT2D eigenvalue weighted by Crippen LogP contribution is 2.26. The highest BCUT2D eigenvalue weighted by molar-refractivity contribution is 5.78.